The molecule has 0 atom stereocenters. The average molecular weight is 180 g/mol. The van der Waals surface area contributed by atoms with Crippen LogP contribution < -0.4 is 5.43 Å². The van der Waals surface area contributed by atoms with Crippen LogP contribution in [0.25, 0.3) is 0 Å². The van der Waals surface area contributed by atoms with Crippen LogP contribution >= 0.6 is 0 Å². The lowest BCUT2D eigenvalue weighted by molar-refractivity contribution is -0.121. The number of hydrogen-bond donors (Lipinski definition) is 1. The summed E-state index contributed by atoms with van der Waals surface area (Å²) in [4.78, 5) is 16.2. The topological polar surface area (TPSA) is 41.6 Å². The van der Waals surface area contributed by atoms with Crippen LogP contribution in [0.2, 0.25) is 0 Å². The lowest BCUT2D eigenvalue weighted by Gasteiger charge is -2.13. The van der Waals surface area contributed by atoms with Crippen LogP contribution in [0.4, 0.5) is 0 Å². The molecule has 0 saturated carbocycles. The third-order valence-corrected chi connectivity index (χ3v) is 1.54. The summed E-state index contributed by atoms with van der Waals surface area (Å²) < 4.78 is 0. The summed E-state index contributed by atoms with van der Waals surface area (Å²) in [5.41, 5.74) is 3.19. The summed E-state index contributed by atoms with van der Waals surface area (Å²) in [5.74, 6) is -0.377. The highest BCUT2D eigenvalue weighted by Gasteiger charge is 2.07. The second kappa shape index (κ2) is 4.59. The molecule has 0 radical (unpaired) electrons. The zero-order chi connectivity index (χ0) is 9.68. The van der Waals surface area contributed by atoms with Crippen LogP contribution in [0.5, 0.6) is 0 Å². The maximum Gasteiger partial charge on any atom is 0.358 e. The third-order valence-electron chi connectivity index (χ3n) is 1.54. The largest absolute Gasteiger partial charge is 0.358 e. The molecule has 0 unspecified atom stereocenters. The molecule has 0 bridgehead atoms. The smallest absolute Gasteiger partial charge is 0.349 e. The van der Waals surface area contributed by atoms with Gasteiger partial charge in [-0.3, -0.25) is 0 Å². The fourth-order valence-electron chi connectivity index (χ4n) is 0.797. The molecule has 0 heterocycles. The number of hydrogen-bond acceptors (Lipinski definition) is 4. The molecule has 0 aliphatic carbocycles. The van der Waals surface area contributed by atoms with Gasteiger partial charge in [-0.15, -0.1) is 0 Å². The molecule has 4 heteroatoms. The first-order valence-electron chi connectivity index (χ1n) is 3.92. The van der Waals surface area contributed by atoms with E-state index < -0.39 is 0 Å². The van der Waals surface area contributed by atoms with Crippen LogP contribution in [0.3, 0.4) is 0 Å². The quantitative estimate of drug-likeness (QED) is 0.699. The molecular formula is C9H12N2O2. The lowest BCUT2D eigenvalue weighted by atomic mass is 10.2. The minimum absolute atomic E-state index is 0.377. The highest BCUT2D eigenvalue weighted by Crippen LogP contribution is 2.00. The number of benzene rings is 1. The van der Waals surface area contributed by atoms with Gasteiger partial charge in [-0.05, 0) is 12.1 Å². The number of hydrazine groups is 1. The number of rotatable bonds is 3. The van der Waals surface area contributed by atoms with Gasteiger partial charge in [-0.1, -0.05) is 23.4 Å². The number of hydroxylamine groups is 1. The standard InChI is InChI=1S/C9H12N2O2/c1-10-11(2)13-9(12)8-6-4-3-5-7-8/h3-7,10H,1-2H3. The van der Waals surface area contributed by atoms with Crippen molar-refractivity contribution in [3.63, 3.8) is 0 Å². The van der Waals surface area contributed by atoms with E-state index in [-0.39, 0.29) is 5.97 Å². The second-order valence-electron chi connectivity index (χ2n) is 2.47. The first-order valence-corrected chi connectivity index (χ1v) is 3.92. The summed E-state index contributed by atoms with van der Waals surface area (Å²) in [6.45, 7) is 0. The van der Waals surface area contributed by atoms with Crippen LogP contribution in [-0.2, 0) is 4.84 Å². The molecule has 13 heavy (non-hydrogen) atoms. The molecule has 4 nitrogen and oxygen atoms in total. The Hall–Kier alpha value is -1.39. The van der Waals surface area contributed by atoms with Crippen molar-refractivity contribution in [1.29, 1.82) is 0 Å². The molecule has 0 aromatic heterocycles. The van der Waals surface area contributed by atoms with E-state index in [1.54, 1.807) is 38.4 Å². The highest BCUT2D eigenvalue weighted by molar-refractivity contribution is 5.89. The number of nitrogens with one attached hydrogen (secondary N) is 1. The monoisotopic (exact) mass is 180 g/mol. The fraction of sp³-hybridized carbons (Fsp3) is 0.222. The Morgan fingerprint density at radius 3 is 2.54 bits per heavy atom. The van der Waals surface area contributed by atoms with E-state index in [0.29, 0.717) is 5.56 Å². The van der Waals surface area contributed by atoms with E-state index in [0.717, 1.165) is 0 Å². The maximum atomic E-state index is 11.3. The number of carbonyl (C=O) groups excluding carboxylic acids is 1. The predicted molar refractivity (Wildman–Crippen MR) is 48.7 cm³/mol. The van der Waals surface area contributed by atoms with E-state index in [4.69, 9.17) is 4.84 Å². The highest BCUT2D eigenvalue weighted by atomic mass is 16.7. The Labute approximate surface area is 77.0 Å². The first kappa shape index (κ1) is 9.70. The van der Waals surface area contributed by atoms with E-state index >= 15 is 0 Å². The number of carbonyl (C=O) groups is 1. The molecule has 0 aliphatic rings. The number of nitrogens with zero attached hydrogens (tertiary/aromatic N) is 1. The molecule has 0 spiro atoms. The van der Waals surface area contributed by atoms with Gasteiger partial charge in [0.15, 0.2) is 0 Å². The van der Waals surface area contributed by atoms with Crippen molar-refractivity contribution in [2.75, 3.05) is 14.1 Å². The molecule has 0 fully saturated rings. The summed E-state index contributed by atoms with van der Waals surface area (Å²) in [7, 11) is 3.28. The van der Waals surface area contributed by atoms with Gasteiger partial charge in [0.05, 0.1) is 5.56 Å². The molecule has 1 rings (SSSR count). The molecule has 0 aliphatic heterocycles. The van der Waals surface area contributed by atoms with Crippen molar-refractivity contribution < 1.29 is 9.63 Å². The molecular weight excluding hydrogens is 168 g/mol. The zero-order valence-electron chi connectivity index (χ0n) is 7.65. The maximum absolute atomic E-state index is 11.3. The molecule has 0 amide bonds. The SMILES string of the molecule is CNN(C)OC(=O)c1ccccc1. The van der Waals surface area contributed by atoms with Crippen LogP contribution in [0.1, 0.15) is 10.4 Å². The molecule has 0 saturated heterocycles. The summed E-state index contributed by atoms with van der Waals surface area (Å²) >= 11 is 0. The van der Waals surface area contributed by atoms with Gasteiger partial charge in [0, 0.05) is 14.1 Å². The van der Waals surface area contributed by atoms with Gasteiger partial charge in [-0.25, -0.2) is 10.2 Å². The minimum atomic E-state index is -0.377. The van der Waals surface area contributed by atoms with Crippen molar-refractivity contribution in [1.82, 2.24) is 10.6 Å². The van der Waals surface area contributed by atoms with Crippen molar-refractivity contribution >= 4 is 5.97 Å². The molecule has 1 N–H and O–H groups in total. The van der Waals surface area contributed by atoms with Crippen LogP contribution in [-0.4, -0.2) is 25.2 Å². The summed E-state index contributed by atoms with van der Waals surface area (Å²) in [6.07, 6.45) is 0. The van der Waals surface area contributed by atoms with Gasteiger partial charge in [0.25, 0.3) is 0 Å². The van der Waals surface area contributed by atoms with E-state index in [2.05, 4.69) is 5.43 Å². The molecule has 1 aromatic rings. The van der Waals surface area contributed by atoms with Gasteiger partial charge in [0.2, 0.25) is 0 Å². The van der Waals surface area contributed by atoms with Crippen LogP contribution in [0.15, 0.2) is 30.3 Å². The second-order valence-corrected chi connectivity index (χ2v) is 2.47. The van der Waals surface area contributed by atoms with E-state index in [1.807, 2.05) is 6.07 Å². The molecule has 1 aromatic carbocycles. The Morgan fingerprint density at radius 2 is 2.00 bits per heavy atom. The molecule has 70 valence electrons. The zero-order valence-corrected chi connectivity index (χ0v) is 7.65. The Kier molecular flexibility index (Phi) is 3.42. The van der Waals surface area contributed by atoms with Crippen LogP contribution in [0, 0.1) is 0 Å². The fourth-order valence-corrected chi connectivity index (χ4v) is 0.797. The minimum Gasteiger partial charge on any atom is -0.349 e. The van der Waals surface area contributed by atoms with Gasteiger partial charge in [0.1, 0.15) is 0 Å². The summed E-state index contributed by atoms with van der Waals surface area (Å²) in [5, 5.41) is 1.25. The van der Waals surface area contributed by atoms with Crippen molar-refractivity contribution in [2.24, 2.45) is 0 Å². The normalized spacial score (nSPS) is 10.1. The third kappa shape index (κ3) is 2.85. The van der Waals surface area contributed by atoms with E-state index in [9.17, 15) is 4.79 Å². The Morgan fingerprint density at radius 1 is 1.38 bits per heavy atom. The van der Waals surface area contributed by atoms with Crippen molar-refractivity contribution in [3.8, 4) is 0 Å². The Balaban J connectivity index is 2.59. The lowest BCUT2D eigenvalue weighted by Crippen LogP contribution is -2.33. The Bertz CT molecular complexity index is 274. The van der Waals surface area contributed by atoms with Gasteiger partial charge >= 0.3 is 5.97 Å². The first-order chi connectivity index (χ1) is 6.24. The van der Waals surface area contributed by atoms with Gasteiger partial charge < -0.3 is 4.84 Å². The van der Waals surface area contributed by atoms with Gasteiger partial charge in [-0.2, -0.15) is 0 Å². The van der Waals surface area contributed by atoms with Crippen molar-refractivity contribution in [2.45, 2.75) is 0 Å². The van der Waals surface area contributed by atoms with E-state index in [1.165, 1.54) is 5.17 Å². The van der Waals surface area contributed by atoms with Crippen molar-refractivity contribution in [3.05, 3.63) is 35.9 Å². The average Bonchev–Trinajstić information content (AvgIpc) is 2.19. The summed E-state index contributed by atoms with van der Waals surface area (Å²) in [6, 6.07) is 8.82. The predicted octanol–water partition coefficient (Wildman–Crippen LogP) is 0.825.